The Hall–Kier alpha value is -2.60. The van der Waals surface area contributed by atoms with Gasteiger partial charge in [0.05, 0.1) is 5.69 Å². The van der Waals surface area contributed by atoms with Crippen LogP contribution in [0.2, 0.25) is 0 Å². The highest BCUT2D eigenvalue weighted by Gasteiger charge is 2.00. The van der Waals surface area contributed by atoms with Crippen molar-refractivity contribution in [1.82, 2.24) is 0 Å². The first kappa shape index (κ1) is 10.9. The van der Waals surface area contributed by atoms with Crippen LogP contribution >= 0.6 is 0 Å². The minimum Gasteiger partial charge on any atom is -0.277 e. The number of hydrazone groups is 1. The Balaban J connectivity index is 2.18. The lowest BCUT2D eigenvalue weighted by Gasteiger charge is -2.01. The number of para-hydroxylation sites is 1. The van der Waals surface area contributed by atoms with Gasteiger partial charge in [0.1, 0.15) is 6.07 Å². The second-order valence-electron chi connectivity index (χ2n) is 3.42. The number of hydrogen-bond donors (Lipinski definition) is 1. The molecule has 0 unspecified atom stereocenters. The van der Waals surface area contributed by atoms with Gasteiger partial charge in [-0.2, -0.15) is 10.4 Å². The fraction of sp³-hybridized carbons (Fsp3) is 0. The van der Waals surface area contributed by atoms with Gasteiger partial charge >= 0.3 is 0 Å². The van der Waals surface area contributed by atoms with Crippen LogP contribution in [0.3, 0.4) is 0 Å². The molecule has 0 aliphatic heterocycles. The van der Waals surface area contributed by atoms with Crippen molar-refractivity contribution in [3.63, 3.8) is 0 Å². The number of benzene rings is 2. The van der Waals surface area contributed by atoms with Crippen molar-refractivity contribution >= 4 is 11.4 Å². The first-order chi connectivity index (χ1) is 8.40. The van der Waals surface area contributed by atoms with Gasteiger partial charge in [-0.3, -0.25) is 5.43 Å². The lowest BCUT2D eigenvalue weighted by Crippen LogP contribution is -2.01. The van der Waals surface area contributed by atoms with E-state index in [0.717, 1.165) is 11.3 Å². The van der Waals surface area contributed by atoms with Gasteiger partial charge in [0.2, 0.25) is 0 Å². The monoisotopic (exact) mass is 221 g/mol. The number of hydrogen-bond acceptors (Lipinski definition) is 3. The van der Waals surface area contributed by atoms with Gasteiger partial charge in [-0.1, -0.05) is 48.5 Å². The highest BCUT2D eigenvalue weighted by atomic mass is 15.3. The van der Waals surface area contributed by atoms with Crippen molar-refractivity contribution in [2.24, 2.45) is 5.10 Å². The van der Waals surface area contributed by atoms with E-state index in [0.29, 0.717) is 5.71 Å². The SMILES string of the molecule is N#C/C(=N/Nc1ccccc1)c1ccccc1. The molecule has 0 heterocycles. The summed E-state index contributed by atoms with van der Waals surface area (Å²) < 4.78 is 0. The molecule has 0 aromatic heterocycles. The van der Waals surface area contributed by atoms with Crippen LogP contribution in [0, 0.1) is 11.3 Å². The minimum atomic E-state index is 0.370. The lowest BCUT2D eigenvalue weighted by molar-refractivity contribution is 1.33. The molecule has 0 saturated carbocycles. The molecule has 0 fully saturated rings. The summed E-state index contributed by atoms with van der Waals surface area (Å²) in [5, 5.41) is 13.1. The van der Waals surface area contributed by atoms with E-state index in [1.54, 1.807) is 0 Å². The number of anilines is 1. The van der Waals surface area contributed by atoms with E-state index in [4.69, 9.17) is 5.26 Å². The van der Waals surface area contributed by atoms with Crippen LogP contribution in [-0.4, -0.2) is 5.71 Å². The van der Waals surface area contributed by atoms with Crippen molar-refractivity contribution < 1.29 is 0 Å². The van der Waals surface area contributed by atoms with Crippen LogP contribution in [0.15, 0.2) is 65.8 Å². The highest BCUT2D eigenvalue weighted by Crippen LogP contribution is 2.06. The molecule has 0 saturated heterocycles. The van der Waals surface area contributed by atoms with Gasteiger partial charge in [-0.15, -0.1) is 0 Å². The highest BCUT2D eigenvalue weighted by molar-refractivity contribution is 6.11. The molecule has 1 N–H and O–H groups in total. The number of nitriles is 1. The number of nitrogens with zero attached hydrogens (tertiary/aromatic N) is 2. The zero-order valence-corrected chi connectivity index (χ0v) is 9.17. The summed E-state index contributed by atoms with van der Waals surface area (Å²) in [6.45, 7) is 0. The zero-order valence-electron chi connectivity index (χ0n) is 9.17. The van der Waals surface area contributed by atoms with E-state index in [1.807, 2.05) is 60.7 Å². The predicted octanol–water partition coefficient (Wildman–Crippen LogP) is 3.03. The largest absolute Gasteiger partial charge is 0.277 e. The van der Waals surface area contributed by atoms with Gasteiger partial charge in [0, 0.05) is 5.56 Å². The smallest absolute Gasteiger partial charge is 0.167 e. The summed E-state index contributed by atoms with van der Waals surface area (Å²) in [4.78, 5) is 0. The van der Waals surface area contributed by atoms with Crippen molar-refractivity contribution in [2.75, 3.05) is 5.43 Å². The van der Waals surface area contributed by atoms with Crippen LogP contribution < -0.4 is 5.43 Å². The first-order valence-corrected chi connectivity index (χ1v) is 5.24. The molecule has 17 heavy (non-hydrogen) atoms. The van der Waals surface area contributed by atoms with E-state index in [2.05, 4.69) is 16.6 Å². The lowest BCUT2D eigenvalue weighted by atomic mass is 10.1. The Morgan fingerprint density at radius 3 is 2.12 bits per heavy atom. The quantitative estimate of drug-likeness (QED) is 0.639. The molecule has 3 heteroatoms. The molecule has 82 valence electrons. The van der Waals surface area contributed by atoms with Gasteiger partial charge in [-0.25, -0.2) is 0 Å². The third-order valence-corrected chi connectivity index (χ3v) is 2.22. The number of nitrogens with one attached hydrogen (secondary N) is 1. The summed E-state index contributed by atoms with van der Waals surface area (Å²) in [6.07, 6.45) is 0. The van der Waals surface area contributed by atoms with Gasteiger partial charge in [0.25, 0.3) is 0 Å². The third kappa shape index (κ3) is 2.93. The maximum absolute atomic E-state index is 9.04. The van der Waals surface area contributed by atoms with Crippen molar-refractivity contribution in [3.8, 4) is 6.07 Å². The summed E-state index contributed by atoms with van der Waals surface area (Å²) in [5.41, 5.74) is 4.89. The van der Waals surface area contributed by atoms with Crippen molar-refractivity contribution in [3.05, 3.63) is 66.2 Å². The Kier molecular flexibility index (Phi) is 3.51. The van der Waals surface area contributed by atoms with E-state index < -0.39 is 0 Å². The molecule has 0 radical (unpaired) electrons. The summed E-state index contributed by atoms with van der Waals surface area (Å²) in [5.74, 6) is 0. The molecular weight excluding hydrogens is 210 g/mol. The molecular formula is C14H11N3. The Bertz CT molecular complexity index is 539. The standard InChI is InChI=1S/C14H11N3/c15-11-14(12-7-3-1-4-8-12)17-16-13-9-5-2-6-10-13/h1-10,16H/b17-14-. The van der Waals surface area contributed by atoms with Crippen LogP contribution in [0.4, 0.5) is 5.69 Å². The average molecular weight is 221 g/mol. The topological polar surface area (TPSA) is 48.2 Å². The second kappa shape index (κ2) is 5.47. The molecule has 0 atom stereocenters. The third-order valence-electron chi connectivity index (χ3n) is 2.22. The fourth-order valence-corrected chi connectivity index (χ4v) is 1.38. The Morgan fingerprint density at radius 1 is 0.941 bits per heavy atom. The van der Waals surface area contributed by atoms with Gasteiger partial charge in [-0.05, 0) is 12.1 Å². The minimum absolute atomic E-state index is 0.370. The van der Waals surface area contributed by atoms with Crippen molar-refractivity contribution in [1.29, 1.82) is 5.26 Å². The maximum atomic E-state index is 9.04. The van der Waals surface area contributed by atoms with E-state index >= 15 is 0 Å². The van der Waals surface area contributed by atoms with Gasteiger partial charge in [0.15, 0.2) is 5.71 Å². The zero-order chi connectivity index (χ0) is 11.9. The maximum Gasteiger partial charge on any atom is 0.167 e. The van der Waals surface area contributed by atoms with Crippen LogP contribution in [0.5, 0.6) is 0 Å². The van der Waals surface area contributed by atoms with E-state index in [1.165, 1.54) is 0 Å². The Morgan fingerprint density at radius 2 is 1.53 bits per heavy atom. The van der Waals surface area contributed by atoms with E-state index in [9.17, 15) is 0 Å². The second-order valence-corrected chi connectivity index (χ2v) is 3.42. The summed E-state index contributed by atoms with van der Waals surface area (Å²) >= 11 is 0. The summed E-state index contributed by atoms with van der Waals surface area (Å²) in [6, 6.07) is 21.0. The van der Waals surface area contributed by atoms with E-state index in [-0.39, 0.29) is 0 Å². The molecule has 0 aliphatic carbocycles. The number of rotatable bonds is 3. The fourth-order valence-electron chi connectivity index (χ4n) is 1.38. The molecule has 0 amide bonds. The molecule has 0 aliphatic rings. The molecule has 2 aromatic rings. The first-order valence-electron chi connectivity index (χ1n) is 5.24. The van der Waals surface area contributed by atoms with Crippen LogP contribution in [0.25, 0.3) is 0 Å². The normalized spacial score (nSPS) is 10.6. The Labute approximate surface area is 100 Å². The predicted molar refractivity (Wildman–Crippen MR) is 68.7 cm³/mol. The molecule has 0 spiro atoms. The van der Waals surface area contributed by atoms with Crippen molar-refractivity contribution in [2.45, 2.75) is 0 Å². The average Bonchev–Trinajstić information content (AvgIpc) is 2.42. The van der Waals surface area contributed by atoms with Crippen LogP contribution in [-0.2, 0) is 0 Å². The van der Waals surface area contributed by atoms with Gasteiger partial charge < -0.3 is 0 Å². The molecule has 2 aromatic carbocycles. The molecule has 2 rings (SSSR count). The molecule has 0 bridgehead atoms. The summed E-state index contributed by atoms with van der Waals surface area (Å²) in [7, 11) is 0. The van der Waals surface area contributed by atoms with Crippen LogP contribution in [0.1, 0.15) is 5.56 Å². The molecule has 3 nitrogen and oxygen atoms in total.